The van der Waals surface area contributed by atoms with Crippen LogP contribution in [0.2, 0.25) is 0 Å². The second-order valence-corrected chi connectivity index (χ2v) is 10.8. The molecule has 24 heavy (non-hydrogen) atoms. The molecule has 1 heterocycles. The van der Waals surface area contributed by atoms with Gasteiger partial charge in [0.1, 0.15) is 5.75 Å². The highest BCUT2D eigenvalue weighted by Gasteiger charge is 2.39. The van der Waals surface area contributed by atoms with Crippen molar-refractivity contribution in [1.82, 2.24) is 4.31 Å². The number of ether oxygens (including phenoxy) is 1. The van der Waals surface area contributed by atoms with Crippen LogP contribution in [0.5, 0.6) is 5.75 Å². The molecule has 1 aliphatic heterocycles. The van der Waals surface area contributed by atoms with E-state index in [9.17, 15) is 16.8 Å². The topological polar surface area (TPSA) is 80.8 Å². The summed E-state index contributed by atoms with van der Waals surface area (Å²) >= 11 is 0. The lowest BCUT2D eigenvalue weighted by molar-refractivity contribution is 0.307. The monoisotopic (exact) mass is 375 g/mol. The van der Waals surface area contributed by atoms with Crippen LogP contribution in [0.1, 0.15) is 25.8 Å². The Hall–Kier alpha value is -1.12. The van der Waals surface area contributed by atoms with Crippen molar-refractivity contribution in [2.24, 2.45) is 5.92 Å². The third-order valence-electron chi connectivity index (χ3n) is 4.13. The van der Waals surface area contributed by atoms with E-state index in [1.807, 2.05) is 13.8 Å². The van der Waals surface area contributed by atoms with E-state index in [2.05, 4.69) is 0 Å². The molecule has 0 spiro atoms. The second kappa shape index (κ2) is 7.01. The summed E-state index contributed by atoms with van der Waals surface area (Å²) in [5, 5.41) is 0. The van der Waals surface area contributed by atoms with Crippen molar-refractivity contribution in [1.29, 1.82) is 0 Å². The number of benzene rings is 1. The van der Waals surface area contributed by atoms with Crippen molar-refractivity contribution >= 4 is 19.9 Å². The minimum atomic E-state index is -3.76. The van der Waals surface area contributed by atoms with Crippen LogP contribution in [0.25, 0.3) is 0 Å². The number of rotatable bonds is 6. The van der Waals surface area contributed by atoms with Crippen molar-refractivity contribution in [2.45, 2.75) is 38.1 Å². The van der Waals surface area contributed by atoms with Crippen LogP contribution in [0.4, 0.5) is 0 Å². The van der Waals surface area contributed by atoms with Crippen molar-refractivity contribution in [2.75, 3.05) is 25.2 Å². The van der Waals surface area contributed by atoms with Crippen LogP contribution >= 0.6 is 0 Å². The van der Waals surface area contributed by atoms with E-state index in [-0.39, 0.29) is 22.3 Å². The number of sulfone groups is 1. The highest BCUT2D eigenvalue weighted by Crippen LogP contribution is 2.28. The minimum absolute atomic E-state index is 0.0451. The first-order valence-electron chi connectivity index (χ1n) is 7.93. The summed E-state index contributed by atoms with van der Waals surface area (Å²) in [5.74, 6) is 0.660. The lowest BCUT2D eigenvalue weighted by Crippen LogP contribution is -2.43. The van der Waals surface area contributed by atoms with E-state index in [4.69, 9.17) is 4.74 Å². The molecule has 1 saturated heterocycles. The van der Waals surface area contributed by atoms with Gasteiger partial charge < -0.3 is 4.74 Å². The van der Waals surface area contributed by atoms with Gasteiger partial charge in [-0.1, -0.05) is 13.8 Å². The minimum Gasteiger partial charge on any atom is -0.496 e. The average Bonchev–Trinajstić information content (AvgIpc) is 2.84. The first-order chi connectivity index (χ1) is 11.1. The molecule has 1 aromatic carbocycles. The van der Waals surface area contributed by atoms with E-state index in [0.717, 1.165) is 5.56 Å². The van der Waals surface area contributed by atoms with Gasteiger partial charge in [0.15, 0.2) is 9.84 Å². The van der Waals surface area contributed by atoms with Crippen molar-refractivity contribution in [3.8, 4) is 5.75 Å². The molecule has 0 radical (unpaired) electrons. The van der Waals surface area contributed by atoms with Crippen molar-refractivity contribution < 1.29 is 21.6 Å². The molecule has 0 aliphatic carbocycles. The maximum Gasteiger partial charge on any atom is 0.243 e. The van der Waals surface area contributed by atoms with Gasteiger partial charge in [0, 0.05) is 12.6 Å². The van der Waals surface area contributed by atoms with Crippen molar-refractivity contribution in [3.05, 3.63) is 23.8 Å². The third kappa shape index (κ3) is 4.10. The first kappa shape index (κ1) is 19.2. The van der Waals surface area contributed by atoms with Crippen molar-refractivity contribution in [3.63, 3.8) is 0 Å². The Bertz CT molecular complexity index is 800. The SMILES string of the molecule is COc1ccc(S(=O)(=O)N(CC(C)C)[C@H]2CCS(=O)(=O)C2)cc1C. The quantitative estimate of drug-likeness (QED) is 0.758. The molecule has 0 amide bonds. The highest BCUT2D eigenvalue weighted by atomic mass is 32.2. The van der Waals surface area contributed by atoms with Gasteiger partial charge in [0.2, 0.25) is 10.0 Å². The van der Waals surface area contributed by atoms with Crippen LogP contribution in [-0.2, 0) is 19.9 Å². The Kier molecular flexibility index (Phi) is 5.61. The molecule has 0 saturated carbocycles. The van der Waals surface area contributed by atoms with E-state index in [0.29, 0.717) is 18.7 Å². The Balaban J connectivity index is 2.42. The van der Waals surface area contributed by atoms with Gasteiger partial charge in [0.25, 0.3) is 0 Å². The second-order valence-electron chi connectivity index (χ2n) is 6.66. The molecule has 1 aromatic rings. The molecule has 2 rings (SSSR count). The summed E-state index contributed by atoms with van der Waals surface area (Å²) in [7, 11) is -5.39. The molecular weight excluding hydrogens is 350 g/mol. The third-order valence-corrected chi connectivity index (χ3v) is 7.80. The zero-order chi connectivity index (χ0) is 18.1. The van der Waals surface area contributed by atoms with E-state index in [1.165, 1.54) is 17.5 Å². The molecule has 1 fully saturated rings. The maximum atomic E-state index is 13.1. The molecule has 136 valence electrons. The molecule has 1 aliphatic rings. The lowest BCUT2D eigenvalue weighted by Gasteiger charge is -2.29. The summed E-state index contributed by atoms with van der Waals surface area (Å²) in [6, 6.07) is 4.22. The fraction of sp³-hybridized carbons (Fsp3) is 0.625. The molecule has 1 atom stereocenters. The molecule has 6 nitrogen and oxygen atoms in total. The zero-order valence-corrected chi connectivity index (χ0v) is 16.2. The number of sulfonamides is 1. The Morgan fingerprint density at radius 2 is 2.00 bits per heavy atom. The molecular formula is C16H25NO5S2. The maximum absolute atomic E-state index is 13.1. The van der Waals surface area contributed by atoms with Gasteiger partial charge in [-0.25, -0.2) is 16.8 Å². The molecule has 0 unspecified atom stereocenters. The Morgan fingerprint density at radius 3 is 2.46 bits per heavy atom. The van der Waals surface area contributed by atoms with Gasteiger partial charge in [-0.3, -0.25) is 0 Å². The normalized spacial score (nSPS) is 20.7. The summed E-state index contributed by atoms with van der Waals surface area (Å²) in [6.45, 7) is 5.93. The molecule has 0 N–H and O–H groups in total. The fourth-order valence-electron chi connectivity index (χ4n) is 2.95. The van der Waals surface area contributed by atoms with Gasteiger partial charge in [-0.2, -0.15) is 4.31 Å². The number of hydrogen-bond donors (Lipinski definition) is 0. The Labute approximate surface area is 144 Å². The smallest absolute Gasteiger partial charge is 0.243 e. The van der Waals surface area contributed by atoms with Crippen LogP contribution in [0.3, 0.4) is 0 Å². The largest absolute Gasteiger partial charge is 0.496 e. The summed E-state index contributed by atoms with van der Waals surface area (Å²) in [4.78, 5) is 0.172. The zero-order valence-electron chi connectivity index (χ0n) is 14.5. The standard InChI is InChI=1S/C16H25NO5S2/c1-12(2)10-17(14-7-8-23(18,19)11-14)24(20,21)15-5-6-16(22-4)13(3)9-15/h5-6,9,12,14H,7-8,10-11H2,1-4H3/t14-/m0/s1. The van der Waals surface area contributed by atoms with Gasteiger partial charge in [0.05, 0.1) is 23.5 Å². The number of hydrogen-bond acceptors (Lipinski definition) is 5. The lowest BCUT2D eigenvalue weighted by atomic mass is 10.2. The van der Waals surface area contributed by atoms with E-state index in [1.54, 1.807) is 19.1 Å². The highest BCUT2D eigenvalue weighted by molar-refractivity contribution is 7.92. The predicted molar refractivity (Wildman–Crippen MR) is 93.5 cm³/mol. The molecule has 0 aromatic heterocycles. The summed E-state index contributed by atoms with van der Waals surface area (Å²) in [6.07, 6.45) is 0.351. The van der Waals surface area contributed by atoms with Crippen LogP contribution in [0.15, 0.2) is 23.1 Å². The fourth-order valence-corrected chi connectivity index (χ4v) is 6.68. The molecule has 8 heteroatoms. The number of nitrogens with zero attached hydrogens (tertiary/aromatic N) is 1. The first-order valence-corrected chi connectivity index (χ1v) is 11.2. The van der Waals surface area contributed by atoms with Crippen LogP contribution in [-0.4, -0.2) is 52.3 Å². The number of aryl methyl sites for hydroxylation is 1. The summed E-state index contributed by atoms with van der Waals surface area (Å²) < 4.78 is 56.3. The van der Waals surface area contributed by atoms with Crippen LogP contribution < -0.4 is 4.74 Å². The number of methoxy groups -OCH3 is 1. The van der Waals surface area contributed by atoms with Gasteiger partial charge >= 0.3 is 0 Å². The predicted octanol–water partition coefficient (Wildman–Crippen LogP) is 1.84. The summed E-state index contributed by atoms with van der Waals surface area (Å²) in [5.41, 5.74) is 0.724. The Morgan fingerprint density at radius 1 is 1.33 bits per heavy atom. The average molecular weight is 376 g/mol. The molecule has 0 bridgehead atoms. The van der Waals surface area contributed by atoms with Crippen LogP contribution in [0, 0.1) is 12.8 Å². The van der Waals surface area contributed by atoms with E-state index < -0.39 is 25.9 Å². The van der Waals surface area contributed by atoms with E-state index >= 15 is 0 Å². The van der Waals surface area contributed by atoms with Gasteiger partial charge in [-0.05, 0) is 43.0 Å². The van der Waals surface area contributed by atoms with Gasteiger partial charge in [-0.15, -0.1) is 0 Å².